The van der Waals surface area contributed by atoms with E-state index in [1.807, 2.05) is 10.6 Å². The zero-order chi connectivity index (χ0) is 22.4. The summed E-state index contributed by atoms with van der Waals surface area (Å²) in [6.07, 6.45) is 0. The number of nitrogens with one attached hydrogen (secondary N) is 1. The number of rotatable bonds is 8. The van der Waals surface area contributed by atoms with E-state index in [1.165, 1.54) is 18.3 Å². The first kappa shape index (κ1) is 22.9. The topological polar surface area (TPSA) is 107 Å². The number of carbonyl (C=O) groups excluding carboxylic acids is 2. The van der Waals surface area contributed by atoms with Crippen LogP contribution in [-0.2, 0) is 36.5 Å². The number of anilines is 1. The molecule has 10 heteroatoms. The highest BCUT2D eigenvalue weighted by Crippen LogP contribution is 2.22. The number of hydrogen-bond acceptors (Lipinski definition) is 6. The highest BCUT2D eigenvalue weighted by atomic mass is 32.2. The van der Waals surface area contributed by atoms with Crippen LogP contribution in [0, 0.1) is 0 Å². The Morgan fingerprint density at radius 1 is 1.16 bits per heavy atom. The maximum absolute atomic E-state index is 12.5. The summed E-state index contributed by atoms with van der Waals surface area (Å²) in [5.74, 6) is -1.80. The predicted octanol–water partition coefficient (Wildman–Crippen LogP) is 2.35. The van der Waals surface area contributed by atoms with Crippen LogP contribution in [0.5, 0.6) is 0 Å². The van der Waals surface area contributed by atoms with Crippen LogP contribution in [0.3, 0.4) is 0 Å². The van der Waals surface area contributed by atoms with Gasteiger partial charge in [0.05, 0.1) is 22.6 Å². The van der Waals surface area contributed by atoms with Gasteiger partial charge in [-0.05, 0) is 23.8 Å². The average Bonchev–Trinajstić information content (AvgIpc) is 3.01. The number of methoxy groups -OCH3 is 1. The number of ether oxygens (including phenoxy) is 1. The molecule has 0 spiro atoms. The van der Waals surface area contributed by atoms with Gasteiger partial charge in [0.2, 0.25) is 5.91 Å². The molecule has 0 unspecified atom stereocenters. The molecule has 0 aliphatic rings. The SMILES string of the molecule is COCCn1c(=NC(=O)CS(=O)(=O)Cc2ccccc2)sc2cc(NC(C)=O)ccc21. The quantitative estimate of drug-likeness (QED) is 0.554. The summed E-state index contributed by atoms with van der Waals surface area (Å²) in [4.78, 5) is 28.3. The lowest BCUT2D eigenvalue weighted by Gasteiger charge is -2.06. The summed E-state index contributed by atoms with van der Waals surface area (Å²) >= 11 is 1.25. The van der Waals surface area contributed by atoms with Gasteiger partial charge in [0, 0.05) is 26.3 Å². The second-order valence-electron chi connectivity index (χ2n) is 6.92. The van der Waals surface area contributed by atoms with Crippen LogP contribution in [0.15, 0.2) is 53.5 Å². The Morgan fingerprint density at radius 2 is 1.90 bits per heavy atom. The van der Waals surface area contributed by atoms with Crippen LogP contribution in [0.1, 0.15) is 12.5 Å². The summed E-state index contributed by atoms with van der Waals surface area (Å²) in [5.41, 5.74) is 2.07. The number of thiazole rings is 1. The molecular weight excluding hydrogens is 438 g/mol. The van der Waals surface area contributed by atoms with Crippen molar-refractivity contribution in [1.29, 1.82) is 0 Å². The molecule has 0 atom stereocenters. The standard InChI is InChI=1S/C21H23N3O5S2/c1-15(25)22-17-8-9-18-19(12-17)30-21(24(18)10-11-29-2)23-20(26)14-31(27,28)13-16-6-4-3-5-7-16/h3-9,12H,10-11,13-14H2,1-2H3,(H,22,25). The molecular formula is C21H23N3O5S2. The molecule has 8 nitrogen and oxygen atoms in total. The van der Waals surface area contributed by atoms with Crippen LogP contribution < -0.4 is 10.1 Å². The molecule has 2 aromatic carbocycles. The molecule has 1 aromatic heterocycles. The van der Waals surface area contributed by atoms with Gasteiger partial charge in [-0.1, -0.05) is 41.7 Å². The van der Waals surface area contributed by atoms with Crippen molar-refractivity contribution in [3.8, 4) is 0 Å². The van der Waals surface area contributed by atoms with E-state index in [4.69, 9.17) is 4.74 Å². The van der Waals surface area contributed by atoms with E-state index in [1.54, 1.807) is 49.6 Å². The van der Waals surface area contributed by atoms with Crippen LogP contribution in [0.25, 0.3) is 10.2 Å². The van der Waals surface area contributed by atoms with E-state index < -0.39 is 21.5 Å². The molecule has 0 aliphatic heterocycles. The van der Waals surface area contributed by atoms with Gasteiger partial charge in [-0.15, -0.1) is 0 Å². The molecule has 1 heterocycles. The Hall–Kier alpha value is -2.82. The molecule has 0 aliphatic carbocycles. The van der Waals surface area contributed by atoms with Crippen LogP contribution in [-0.4, -0.2) is 44.3 Å². The van der Waals surface area contributed by atoms with Crippen molar-refractivity contribution >= 4 is 48.9 Å². The predicted molar refractivity (Wildman–Crippen MR) is 120 cm³/mol. The molecule has 0 radical (unpaired) electrons. The number of carbonyl (C=O) groups is 2. The third kappa shape index (κ3) is 6.33. The summed E-state index contributed by atoms with van der Waals surface area (Å²) < 4.78 is 32.6. The van der Waals surface area contributed by atoms with Crippen molar-refractivity contribution in [2.24, 2.45) is 4.99 Å². The van der Waals surface area contributed by atoms with Crippen molar-refractivity contribution in [1.82, 2.24) is 4.57 Å². The van der Waals surface area contributed by atoms with Crippen molar-refractivity contribution in [3.63, 3.8) is 0 Å². The highest BCUT2D eigenvalue weighted by Gasteiger charge is 2.18. The average molecular weight is 462 g/mol. The Kier molecular flexibility index (Phi) is 7.37. The Balaban J connectivity index is 1.91. The lowest BCUT2D eigenvalue weighted by molar-refractivity contribution is -0.116. The first-order valence-corrected chi connectivity index (χ1v) is 12.1. The Bertz CT molecular complexity index is 1260. The van der Waals surface area contributed by atoms with Gasteiger partial charge in [-0.3, -0.25) is 9.59 Å². The van der Waals surface area contributed by atoms with Crippen molar-refractivity contribution in [2.45, 2.75) is 19.2 Å². The largest absolute Gasteiger partial charge is 0.383 e. The molecule has 2 amide bonds. The van der Waals surface area contributed by atoms with Gasteiger partial charge in [0.1, 0.15) is 5.75 Å². The van der Waals surface area contributed by atoms with Crippen LogP contribution >= 0.6 is 11.3 Å². The summed E-state index contributed by atoms with van der Waals surface area (Å²) in [6.45, 7) is 2.26. The minimum absolute atomic E-state index is 0.188. The molecule has 164 valence electrons. The van der Waals surface area contributed by atoms with Gasteiger partial charge < -0.3 is 14.6 Å². The molecule has 0 fully saturated rings. The zero-order valence-electron chi connectivity index (χ0n) is 17.2. The number of aromatic nitrogens is 1. The molecule has 0 saturated heterocycles. The lowest BCUT2D eigenvalue weighted by atomic mass is 10.2. The number of amides is 2. The maximum Gasteiger partial charge on any atom is 0.263 e. The number of hydrogen-bond donors (Lipinski definition) is 1. The number of nitrogens with zero attached hydrogens (tertiary/aromatic N) is 2. The number of benzene rings is 2. The summed E-state index contributed by atoms with van der Waals surface area (Å²) in [6, 6.07) is 14.1. The summed E-state index contributed by atoms with van der Waals surface area (Å²) in [7, 11) is -2.08. The van der Waals surface area contributed by atoms with Crippen molar-refractivity contribution in [3.05, 3.63) is 58.9 Å². The second-order valence-corrected chi connectivity index (χ2v) is 9.99. The first-order chi connectivity index (χ1) is 14.8. The molecule has 0 saturated carbocycles. The van der Waals surface area contributed by atoms with Gasteiger partial charge in [0.15, 0.2) is 14.6 Å². The third-order valence-corrected chi connectivity index (χ3v) is 6.82. The zero-order valence-corrected chi connectivity index (χ0v) is 18.8. The molecule has 31 heavy (non-hydrogen) atoms. The molecule has 0 bridgehead atoms. The minimum Gasteiger partial charge on any atom is -0.383 e. The maximum atomic E-state index is 12.5. The molecule has 1 N–H and O–H groups in total. The van der Waals surface area contributed by atoms with Crippen molar-refractivity contribution < 1.29 is 22.7 Å². The van der Waals surface area contributed by atoms with E-state index in [9.17, 15) is 18.0 Å². The van der Waals surface area contributed by atoms with E-state index in [0.717, 1.165) is 10.2 Å². The normalized spacial score (nSPS) is 12.3. The van der Waals surface area contributed by atoms with E-state index >= 15 is 0 Å². The molecule has 3 rings (SSSR count). The van der Waals surface area contributed by atoms with Gasteiger partial charge in [-0.2, -0.15) is 4.99 Å². The molecule has 3 aromatic rings. The fourth-order valence-corrected chi connectivity index (χ4v) is 5.40. The minimum atomic E-state index is -3.65. The first-order valence-electron chi connectivity index (χ1n) is 9.49. The van der Waals surface area contributed by atoms with E-state index in [0.29, 0.717) is 29.2 Å². The monoisotopic (exact) mass is 461 g/mol. The smallest absolute Gasteiger partial charge is 0.263 e. The van der Waals surface area contributed by atoms with Crippen molar-refractivity contribution in [2.75, 3.05) is 24.8 Å². The number of sulfone groups is 1. The Labute approximate surface area is 184 Å². The van der Waals surface area contributed by atoms with Gasteiger partial charge in [0.25, 0.3) is 5.91 Å². The van der Waals surface area contributed by atoms with Gasteiger partial charge >= 0.3 is 0 Å². The lowest BCUT2D eigenvalue weighted by Crippen LogP contribution is -2.22. The van der Waals surface area contributed by atoms with E-state index in [2.05, 4.69) is 10.3 Å². The fraction of sp³-hybridized carbons (Fsp3) is 0.286. The highest BCUT2D eigenvalue weighted by molar-refractivity contribution is 7.91. The van der Waals surface area contributed by atoms with Crippen LogP contribution in [0.4, 0.5) is 5.69 Å². The third-order valence-electron chi connectivity index (χ3n) is 4.32. The summed E-state index contributed by atoms with van der Waals surface area (Å²) in [5, 5.41) is 2.72. The van der Waals surface area contributed by atoms with Crippen LogP contribution in [0.2, 0.25) is 0 Å². The second kappa shape index (κ2) is 9.99. The fourth-order valence-electron chi connectivity index (χ4n) is 3.04. The number of fused-ring (bicyclic) bond motifs is 1. The Morgan fingerprint density at radius 3 is 2.58 bits per heavy atom. The van der Waals surface area contributed by atoms with Gasteiger partial charge in [-0.25, -0.2) is 8.42 Å². The van der Waals surface area contributed by atoms with E-state index in [-0.39, 0.29) is 11.7 Å².